The summed E-state index contributed by atoms with van der Waals surface area (Å²) in [7, 11) is 0. The van der Waals surface area contributed by atoms with Gasteiger partial charge in [0.05, 0.1) is 11.9 Å². The highest BCUT2D eigenvalue weighted by Gasteiger charge is 2.24. The Labute approximate surface area is 199 Å². The lowest BCUT2D eigenvalue weighted by atomic mass is 10.0. The molecular weight excluding hydrogens is 432 g/mol. The fraction of sp³-hybridized carbons (Fsp3) is 0.440. The Kier molecular flexibility index (Phi) is 6.72. The number of carbonyl (C=O) groups excluding carboxylic acids is 2. The van der Waals surface area contributed by atoms with Gasteiger partial charge in [0.1, 0.15) is 5.60 Å². The number of imidazole rings is 1. The van der Waals surface area contributed by atoms with Crippen molar-refractivity contribution in [1.29, 1.82) is 0 Å². The van der Waals surface area contributed by atoms with Crippen molar-refractivity contribution < 1.29 is 14.3 Å². The average molecular weight is 465 g/mol. The van der Waals surface area contributed by atoms with Crippen molar-refractivity contribution in [3.8, 4) is 11.3 Å². The highest BCUT2D eigenvalue weighted by Crippen LogP contribution is 2.26. The van der Waals surface area contributed by atoms with Gasteiger partial charge in [-0.15, -0.1) is 0 Å². The molecule has 1 saturated carbocycles. The Balaban J connectivity index is 1.39. The van der Waals surface area contributed by atoms with E-state index in [1.54, 1.807) is 6.20 Å². The molecule has 1 aliphatic rings. The number of nitrogens with one attached hydrogen (secondary N) is 3. The molecule has 0 radical (unpaired) electrons. The molecule has 180 valence electrons. The largest absolute Gasteiger partial charge is 0.444 e. The van der Waals surface area contributed by atoms with Gasteiger partial charge in [-0.1, -0.05) is 6.07 Å². The van der Waals surface area contributed by atoms with Crippen LogP contribution in [0.4, 0.5) is 10.6 Å². The van der Waals surface area contributed by atoms with E-state index in [0.29, 0.717) is 42.6 Å². The molecule has 9 heteroatoms. The van der Waals surface area contributed by atoms with Crippen molar-refractivity contribution >= 4 is 23.5 Å². The molecule has 9 nitrogen and oxygen atoms in total. The molecule has 0 bridgehead atoms. The predicted molar refractivity (Wildman–Crippen MR) is 131 cm³/mol. The molecule has 3 N–H and O–H groups in total. The topological polar surface area (TPSA) is 110 Å². The van der Waals surface area contributed by atoms with E-state index in [2.05, 4.69) is 25.9 Å². The second-order valence-corrected chi connectivity index (χ2v) is 9.60. The number of rotatable bonds is 8. The molecule has 0 unspecified atom stereocenters. The van der Waals surface area contributed by atoms with E-state index in [4.69, 9.17) is 4.74 Å². The summed E-state index contributed by atoms with van der Waals surface area (Å²) < 4.78 is 7.21. The molecule has 34 heavy (non-hydrogen) atoms. The van der Waals surface area contributed by atoms with E-state index in [1.807, 2.05) is 62.7 Å². The van der Waals surface area contributed by atoms with Crippen molar-refractivity contribution in [2.75, 3.05) is 18.4 Å². The standard InChI is InChI=1S/C25H32N6O3/c1-16-14-17(6-9-19(16)23(32)30-18-7-8-18)20-15-29-22-21(27-12-13-31(20)22)26-10-5-11-28-24(33)34-25(2,3)4/h6,9,12-15,18H,5,7-8,10-11H2,1-4H3,(H,26,27)(H,28,33)(H,30,32). The summed E-state index contributed by atoms with van der Waals surface area (Å²) in [6, 6.07) is 6.17. The monoisotopic (exact) mass is 464 g/mol. The summed E-state index contributed by atoms with van der Waals surface area (Å²) >= 11 is 0. The van der Waals surface area contributed by atoms with Crippen molar-refractivity contribution in [3.63, 3.8) is 0 Å². The highest BCUT2D eigenvalue weighted by molar-refractivity contribution is 5.96. The number of amides is 2. The molecule has 0 saturated heterocycles. The van der Waals surface area contributed by atoms with Crippen molar-refractivity contribution in [2.45, 2.75) is 58.6 Å². The number of anilines is 1. The Hall–Kier alpha value is -3.62. The summed E-state index contributed by atoms with van der Waals surface area (Å²) in [6.45, 7) is 8.57. The van der Waals surface area contributed by atoms with E-state index in [-0.39, 0.29) is 5.91 Å². The van der Waals surface area contributed by atoms with Gasteiger partial charge in [0.15, 0.2) is 11.5 Å². The molecule has 0 aliphatic heterocycles. The zero-order valence-electron chi connectivity index (χ0n) is 20.1. The van der Waals surface area contributed by atoms with Crippen molar-refractivity contribution in [1.82, 2.24) is 25.0 Å². The van der Waals surface area contributed by atoms with Crippen molar-refractivity contribution in [3.05, 3.63) is 47.9 Å². The molecule has 4 rings (SSSR count). The van der Waals surface area contributed by atoms with Crippen molar-refractivity contribution in [2.24, 2.45) is 0 Å². The summed E-state index contributed by atoms with van der Waals surface area (Å²) in [4.78, 5) is 33.2. The minimum absolute atomic E-state index is 0.0125. The zero-order chi connectivity index (χ0) is 24.3. The molecule has 2 heterocycles. The smallest absolute Gasteiger partial charge is 0.407 e. The predicted octanol–water partition coefficient (Wildman–Crippen LogP) is 3.92. The molecule has 1 aliphatic carbocycles. The van der Waals surface area contributed by atoms with Gasteiger partial charge in [-0.05, 0) is 64.7 Å². The first kappa shape index (κ1) is 23.5. The van der Waals surface area contributed by atoms with E-state index >= 15 is 0 Å². The second kappa shape index (κ2) is 9.70. The molecule has 3 aromatic rings. The summed E-state index contributed by atoms with van der Waals surface area (Å²) in [5, 5.41) is 9.09. The van der Waals surface area contributed by atoms with E-state index < -0.39 is 11.7 Å². The van der Waals surface area contributed by atoms with Gasteiger partial charge in [0, 0.05) is 42.7 Å². The molecule has 1 aromatic carbocycles. The number of hydrogen-bond donors (Lipinski definition) is 3. The number of carbonyl (C=O) groups is 2. The Bertz CT molecular complexity index is 1190. The average Bonchev–Trinajstić information content (AvgIpc) is 3.46. The van der Waals surface area contributed by atoms with Crippen LogP contribution in [0.25, 0.3) is 16.9 Å². The summed E-state index contributed by atoms with van der Waals surface area (Å²) in [5.74, 6) is 0.657. The number of benzene rings is 1. The number of aromatic nitrogens is 3. The Morgan fingerprint density at radius 1 is 1.18 bits per heavy atom. The van der Waals surface area contributed by atoms with E-state index in [1.165, 1.54) is 0 Å². The zero-order valence-corrected chi connectivity index (χ0v) is 20.1. The summed E-state index contributed by atoms with van der Waals surface area (Å²) in [5.41, 5.74) is 3.73. The van der Waals surface area contributed by atoms with Crippen LogP contribution in [0.15, 0.2) is 36.8 Å². The SMILES string of the molecule is Cc1cc(-c2cnc3c(NCCCNC(=O)OC(C)(C)C)nccn23)ccc1C(=O)NC1CC1. The lowest BCUT2D eigenvalue weighted by Gasteiger charge is -2.19. The Morgan fingerprint density at radius 2 is 1.97 bits per heavy atom. The summed E-state index contributed by atoms with van der Waals surface area (Å²) in [6.07, 6.45) is 7.83. The number of aryl methyl sites for hydroxylation is 1. The van der Waals surface area contributed by atoms with Crippen LogP contribution in [0.1, 0.15) is 56.0 Å². The molecule has 0 spiro atoms. The maximum absolute atomic E-state index is 12.4. The molecule has 2 amide bonds. The minimum Gasteiger partial charge on any atom is -0.444 e. The van der Waals surface area contributed by atoms with Gasteiger partial charge < -0.3 is 20.7 Å². The number of ether oxygens (including phenoxy) is 1. The van der Waals surface area contributed by atoms with Crippen LogP contribution in [0, 0.1) is 6.92 Å². The molecule has 1 fully saturated rings. The van der Waals surface area contributed by atoms with Crippen LogP contribution in [-0.4, -0.2) is 51.1 Å². The third-order valence-corrected chi connectivity index (χ3v) is 5.42. The number of fused-ring (bicyclic) bond motifs is 1. The van der Waals surface area contributed by atoms with Gasteiger partial charge >= 0.3 is 6.09 Å². The fourth-order valence-corrected chi connectivity index (χ4v) is 3.63. The minimum atomic E-state index is -0.512. The second-order valence-electron chi connectivity index (χ2n) is 9.60. The van der Waals surface area contributed by atoms with Crippen LogP contribution in [0.2, 0.25) is 0 Å². The molecular formula is C25H32N6O3. The first-order chi connectivity index (χ1) is 16.2. The Morgan fingerprint density at radius 3 is 2.68 bits per heavy atom. The number of nitrogens with zero attached hydrogens (tertiary/aromatic N) is 3. The lowest BCUT2D eigenvalue weighted by Crippen LogP contribution is -2.33. The van der Waals surface area contributed by atoms with Gasteiger partial charge in [-0.3, -0.25) is 9.20 Å². The number of alkyl carbamates (subject to hydrolysis) is 1. The van der Waals surface area contributed by atoms with Gasteiger partial charge in [0.25, 0.3) is 5.91 Å². The molecule has 0 atom stereocenters. The van der Waals surface area contributed by atoms with Crippen LogP contribution < -0.4 is 16.0 Å². The lowest BCUT2D eigenvalue weighted by molar-refractivity contribution is 0.0527. The van der Waals surface area contributed by atoms with Gasteiger partial charge in [0.2, 0.25) is 0 Å². The third-order valence-electron chi connectivity index (χ3n) is 5.42. The fourth-order valence-electron chi connectivity index (χ4n) is 3.63. The third kappa shape index (κ3) is 5.84. The molecule has 2 aromatic heterocycles. The van der Waals surface area contributed by atoms with Crippen LogP contribution in [-0.2, 0) is 4.74 Å². The first-order valence-corrected chi connectivity index (χ1v) is 11.7. The van der Waals surface area contributed by atoms with E-state index in [0.717, 1.165) is 29.7 Å². The maximum atomic E-state index is 12.4. The number of hydrogen-bond acceptors (Lipinski definition) is 6. The van der Waals surface area contributed by atoms with Crippen LogP contribution >= 0.6 is 0 Å². The normalized spacial score (nSPS) is 13.5. The van der Waals surface area contributed by atoms with Gasteiger partial charge in [-0.25, -0.2) is 14.8 Å². The first-order valence-electron chi connectivity index (χ1n) is 11.7. The highest BCUT2D eigenvalue weighted by atomic mass is 16.6. The van der Waals surface area contributed by atoms with Crippen LogP contribution in [0.3, 0.4) is 0 Å². The van der Waals surface area contributed by atoms with E-state index in [9.17, 15) is 9.59 Å². The maximum Gasteiger partial charge on any atom is 0.407 e. The quantitative estimate of drug-likeness (QED) is 0.436. The van der Waals surface area contributed by atoms with Crippen LogP contribution in [0.5, 0.6) is 0 Å². The van der Waals surface area contributed by atoms with Gasteiger partial charge in [-0.2, -0.15) is 0 Å².